The molecule has 3 heteroatoms. The number of nitrogens with one attached hydrogen (secondary N) is 1. The average Bonchev–Trinajstić information content (AvgIpc) is 2.47. The topological polar surface area (TPSA) is 21.3 Å². The highest BCUT2D eigenvalue weighted by atomic mass is 35.5. The van der Waals surface area contributed by atoms with Crippen LogP contribution in [-0.4, -0.2) is 19.7 Å². The molecule has 0 bridgehead atoms. The number of benzene rings is 2. The van der Waals surface area contributed by atoms with E-state index in [-0.39, 0.29) is 0 Å². The average molecular weight is 292 g/mol. The van der Waals surface area contributed by atoms with Crippen LogP contribution in [0, 0.1) is 5.92 Å². The van der Waals surface area contributed by atoms with Gasteiger partial charge in [0.25, 0.3) is 0 Å². The molecule has 2 aromatic rings. The molecule has 0 spiro atoms. The van der Waals surface area contributed by atoms with Crippen LogP contribution in [0.25, 0.3) is 10.8 Å². The largest absolute Gasteiger partial charge is 0.493 e. The van der Waals surface area contributed by atoms with Crippen molar-refractivity contribution in [1.82, 2.24) is 5.32 Å². The summed E-state index contributed by atoms with van der Waals surface area (Å²) in [5, 5.41) is 6.31. The SMILES string of the molecule is CCCNCC(C)COc1ccc(Cl)c2ccccc12. The predicted octanol–water partition coefficient (Wildman–Crippen LogP) is 4.51. The van der Waals surface area contributed by atoms with Crippen LogP contribution >= 0.6 is 11.6 Å². The van der Waals surface area contributed by atoms with Gasteiger partial charge in [0.15, 0.2) is 0 Å². The lowest BCUT2D eigenvalue weighted by Gasteiger charge is -2.15. The van der Waals surface area contributed by atoms with Gasteiger partial charge in [-0.1, -0.05) is 49.7 Å². The van der Waals surface area contributed by atoms with E-state index in [9.17, 15) is 0 Å². The summed E-state index contributed by atoms with van der Waals surface area (Å²) in [4.78, 5) is 0. The van der Waals surface area contributed by atoms with Crippen molar-refractivity contribution in [3.8, 4) is 5.75 Å². The molecule has 0 heterocycles. The molecule has 1 atom stereocenters. The number of fused-ring (bicyclic) bond motifs is 1. The van der Waals surface area contributed by atoms with Gasteiger partial charge in [-0.25, -0.2) is 0 Å². The predicted molar refractivity (Wildman–Crippen MR) is 86.8 cm³/mol. The van der Waals surface area contributed by atoms with Crippen LogP contribution in [0.4, 0.5) is 0 Å². The molecule has 0 aliphatic heterocycles. The summed E-state index contributed by atoms with van der Waals surface area (Å²) in [5.74, 6) is 1.39. The Morgan fingerprint density at radius 1 is 1.15 bits per heavy atom. The van der Waals surface area contributed by atoms with Gasteiger partial charge in [-0.2, -0.15) is 0 Å². The molecule has 2 rings (SSSR count). The van der Waals surface area contributed by atoms with E-state index in [1.807, 2.05) is 30.3 Å². The van der Waals surface area contributed by atoms with Gasteiger partial charge in [0, 0.05) is 28.3 Å². The van der Waals surface area contributed by atoms with Gasteiger partial charge in [0.2, 0.25) is 0 Å². The van der Waals surface area contributed by atoms with Gasteiger partial charge < -0.3 is 10.1 Å². The standard InChI is InChI=1S/C17H22ClNO/c1-3-10-19-11-13(2)12-20-17-9-8-16(18)14-6-4-5-7-15(14)17/h4-9,13,19H,3,10-12H2,1-2H3. The van der Waals surface area contributed by atoms with Crippen LogP contribution in [0.2, 0.25) is 5.02 Å². The van der Waals surface area contributed by atoms with Gasteiger partial charge in [-0.3, -0.25) is 0 Å². The molecule has 0 saturated carbocycles. The van der Waals surface area contributed by atoms with Crippen LogP contribution < -0.4 is 10.1 Å². The molecule has 0 saturated heterocycles. The molecule has 2 aromatic carbocycles. The van der Waals surface area contributed by atoms with Crippen LogP contribution in [-0.2, 0) is 0 Å². The van der Waals surface area contributed by atoms with Gasteiger partial charge in [-0.05, 0) is 25.1 Å². The van der Waals surface area contributed by atoms with Gasteiger partial charge >= 0.3 is 0 Å². The molecule has 0 fully saturated rings. The zero-order valence-corrected chi connectivity index (χ0v) is 12.9. The molecule has 0 radical (unpaired) electrons. The zero-order chi connectivity index (χ0) is 14.4. The van der Waals surface area contributed by atoms with E-state index in [2.05, 4.69) is 25.2 Å². The minimum Gasteiger partial charge on any atom is -0.493 e. The van der Waals surface area contributed by atoms with E-state index in [1.165, 1.54) is 0 Å². The van der Waals surface area contributed by atoms with Crippen LogP contribution in [0.5, 0.6) is 5.75 Å². The fraction of sp³-hybridized carbons (Fsp3) is 0.412. The van der Waals surface area contributed by atoms with Crippen LogP contribution in [0.3, 0.4) is 0 Å². The Kier molecular flexibility index (Phi) is 5.69. The molecule has 20 heavy (non-hydrogen) atoms. The first-order valence-electron chi connectivity index (χ1n) is 7.23. The quantitative estimate of drug-likeness (QED) is 0.758. The van der Waals surface area contributed by atoms with Gasteiger partial charge in [-0.15, -0.1) is 0 Å². The Morgan fingerprint density at radius 3 is 2.65 bits per heavy atom. The maximum absolute atomic E-state index is 6.21. The molecule has 1 N–H and O–H groups in total. The summed E-state index contributed by atoms with van der Waals surface area (Å²) >= 11 is 6.21. The summed E-state index contributed by atoms with van der Waals surface area (Å²) in [6, 6.07) is 11.9. The minimum atomic E-state index is 0.482. The van der Waals surface area contributed by atoms with E-state index < -0.39 is 0 Å². The Morgan fingerprint density at radius 2 is 1.90 bits per heavy atom. The lowest BCUT2D eigenvalue weighted by Crippen LogP contribution is -2.25. The Hall–Kier alpha value is -1.25. The third-order valence-electron chi connectivity index (χ3n) is 3.27. The Labute approximate surface area is 126 Å². The molecule has 108 valence electrons. The second-order valence-corrected chi connectivity index (χ2v) is 5.62. The van der Waals surface area contributed by atoms with Crippen LogP contribution in [0.15, 0.2) is 36.4 Å². The van der Waals surface area contributed by atoms with E-state index in [0.29, 0.717) is 12.5 Å². The monoisotopic (exact) mass is 291 g/mol. The lowest BCUT2D eigenvalue weighted by atomic mass is 10.1. The maximum Gasteiger partial charge on any atom is 0.127 e. The first kappa shape index (κ1) is 15.1. The van der Waals surface area contributed by atoms with E-state index in [4.69, 9.17) is 16.3 Å². The molecule has 0 aliphatic rings. The van der Waals surface area contributed by atoms with Crippen molar-refractivity contribution < 1.29 is 4.74 Å². The zero-order valence-electron chi connectivity index (χ0n) is 12.2. The highest BCUT2D eigenvalue weighted by Crippen LogP contribution is 2.31. The third kappa shape index (κ3) is 3.87. The fourth-order valence-corrected chi connectivity index (χ4v) is 2.40. The van der Waals surface area contributed by atoms with Crippen molar-refractivity contribution >= 4 is 22.4 Å². The minimum absolute atomic E-state index is 0.482. The van der Waals surface area contributed by atoms with Gasteiger partial charge in [0.1, 0.15) is 5.75 Å². The number of halogens is 1. The van der Waals surface area contributed by atoms with Crippen molar-refractivity contribution in [2.75, 3.05) is 19.7 Å². The molecular formula is C17H22ClNO. The van der Waals surface area contributed by atoms with Crippen molar-refractivity contribution in [3.05, 3.63) is 41.4 Å². The highest BCUT2D eigenvalue weighted by Gasteiger charge is 2.07. The van der Waals surface area contributed by atoms with Crippen molar-refractivity contribution in [3.63, 3.8) is 0 Å². The van der Waals surface area contributed by atoms with Crippen molar-refractivity contribution in [2.24, 2.45) is 5.92 Å². The first-order valence-corrected chi connectivity index (χ1v) is 7.61. The third-order valence-corrected chi connectivity index (χ3v) is 3.60. The van der Waals surface area contributed by atoms with E-state index >= 15 is 0 Å². The van der Waals surface area contributed by atoms with Crippen molar-refractivity contribution in [1.29, 1.82) is 0 Å². The molecule has 1 unspecified atom stereocenters. The maximum atomic E-state index is 6.21. The first-order chi connectivity index (χ1) is 9.72. The normalized spacial score (nSPS) is 12.6. The Bertz CT molecular complexity index is 556. The van der Waals surface area contributed by atoms with E-state index in [1.54, 1.807) is 0 Å². The van der Waals surface area contributed by atoms with Crippen LogP contribution in [0.1, 0.15) is 20.3 Å². The summed E-state index contributed by atoms with van der Waals surface area (Å²) in [6.45, 7) is 7.13. The highest BCUT2D eigenvalue weighted by molar-refractivity contribution is 6.35. The molecular weight excluding hydrogens is 270 g/mol. The smallest absolute Gasteiger partial charge is 0.127 e. The molecule has 0 aromatic heterocycles. The summed E-state index contributed by atoms with van der Waals surface area (Å²) in [5.41, 5.74) is 0. The molecule has 0 amide bonds. The number of hydrogen-bond acceptors (Lipinski definition) is 2. The number of ether oxygens (including phenoxy) is 1. The summed E-state index contributed by atoms with van der Waals surface area (Å²) in [7, 11) is 0. The lowest BCUT2D eigenvalue weighted by molar-refractivity contribution is 0.258. The molecule has 0 aliphatic carbocycles. The van der Waals surface area contributed by atoms with E-state index in [0.717, 1.165) is 41.1 Å². The molecule has 2 nitrogen and oxygen atoms in total. The summed E-state index contributed by atoms with van der Waals surface area (Å²) < 4.78 is 5.97. The second kappa shape index (κ2) is 7.51. The number of rotatable bonds is 7. The summed E-state index contributed by atoms with van der Waals surface area (Å²) in [6.07, 6.45) is 1.16. The second-order valence-electron chi connectivity index (χ2n) is 5.21. The van der Waals surface area contributed by atoms with Crippen molar-refractivity contribution in [2.45, 2.75) is 20.3 Å². The van der Waals surface area contributed by atoms with Gasteiger partial charge in [0.05, 0.1) is 6.61 Å². The fourth-order valence-electron chi connectivity index (χ4n) is 2.18. The number of hydrogen-bond donors (Lipinski definition) is 1. The Balaban J connectivity index is 2.01.